The average molecular weight is 325 g/mol. The molecule has 0 fully saturated rings. The van der Waals surface area contributed by atoms with Crippen LogP contribution in [0.3, 0.4) is 0 Å². The molecule has 0 aromatic carbocycles. The number of hydrazone groups is 1. The Labute approximate surface area is 136 Å². The molecule has 0 aliphatic rings. The van der Waals surface area contributed by atoms with Crippen LogP contribution in [-0.4, -0.2) is 30.3 Å². The zero-order valence-electron chi connectivity index (χ0n) is 12.9. The van der Waals surface area contributed by atoms with Crippen LogP contribution in [0.4, 0.5) is 5.95 Å². The summed E-state index contributed by atoms with van der Waals surface area (Å²) in [4.78, 5) is 34.4. The molecule has 0 bridgehead atoms. The second-order valence-corrected chi connectivity index (χ2v) is 4.98. The molecule has 3 heterocycles. The van der Waals surface area contributed by atoms with Crippen molar-refractivity contribution in [3.05, 3.63) is 63.6 Å². The number of hydrogen-bond acceptors (Lipinski definition) is 6. The molecule has 0 saturated heterocycles. The molecular formula is C15H15N7O2. The minimum absolute atomic E-state index is 0.268. The van der Waals surface area contributed by atoms with Crippen LogP contribution in [0.25, 0.3) is 11.2 Å². The van der Waals surface area contributed by atoms with Gasteiger partial charge in [-0.2, -0.15) is 10.1 Å². The van der Waals surface area contributed by atoms with Crippen LogP contribution in [0.2, 0.25) is 0 Å². The third-order valence-electron chi connectivity index (χ3n) is 3.38. The van der Waals surface area contributed by atoms with Gasteiger partial charge in [-0.3, -0.25) is 23.9 Å². The summed E-state index contributed by atoms with van der Waals surface area (Å²) >= 11 is 0. The SMILES string of the molecule is C=CCn1c(N/N=C/c2cccnc2)nc2c1c(=O)[nH]c(=O)n2C. The summed E-state index contributed by atoms with van der Waals surface area (Å²) in [5, 5.41) is 4.10. The fourth-order valence-electron chi connectivity index (χ4n) is 2.24. The number of anilines is 1. The summed E-state index contributed by atoms with van der Waals surface area (Å²) < 4.78 is 2.87. The first-order valence-corrected chi connectivity index (χ1v) is 7.11. The van der Waals surface area contributed by atoms with Gasteiger partial charge in [-0.15, -0.1) is 6.58 Å². The predicted molar refractivity (Wildman–Crippen MR) is 91.2 cm³/mol. The molecule has 3 aromatic rings. The van der Waals surface area contributed by atoms with Crippen molar-refractivity contribution in [3.63, 3.8) is 0 Å². The first kappa shape index (κ1) is 15.4. The van der Waals surface area contributed by atoms with Gasteiger partial charge in [0.2, 0.25) is 5.95 Å². The molecular weight excluding hydrogens is 310 g/mol. The number of imidazole rings is 1. The van der Waals surface area contributed by atoms with E-state index in [0.29, 0.717) is 12.5 Å². The van der Waals surface area contributed by atoms with E-state index in [9.17, 15) is 9.59 Å². The zero-order valence-corrected chi connectivity index (χ0v) is 12.9. The smallest absolute Gasteiger partial charge is 0.299 e. The number of hydrogen-bond donors (Lipinski definition) is 2. The van der Waals surface area contributed by atoms with Crippen molar-refractivity contribution in [2.24, 2.45) is 12.1 Å². The monoisotopic (exact) mass is 325 g/mol. The maximum Gasteiger partial charge on any atom is 0.329 e. The van der Waals surface area contributed by atoms with Crippen LogP contribution in [0.5, 0.6) is 0 Å². The molecule has 0 amide bonds. The molecule has 3 rings (SSSR count). The molecule has 0 spiro atoms. The Bertz CT molecular complexity index is 1030. The number of pyridine rings is 1. The summed E-state index contributed by atoms with van der Waals surface area (Å²) in [5.74, 6) is 0.330. The van der Waals surface area contributed by atoms with Crippen LogP contribution in [-0.2, 0) is 13.6 Å². The first-order chi connectivity index (χ1) is 11.6. The third kappa shape index (κ3) is 2.74. The maximum absolute atomic E-state index is 12.1. The lowest BCUT2D eigenvalue weighted by Crippen LogP contribution is -2.29. The van der Waals surface area contributed by atoms with Crippen molar-refractivity contribution in [2.45, 2.75) is 6.54 Å². The Morgan fingerprint density at radius 2 is 2.29 bits per heavy atom. The normalized spacial score (nSPS) is 11.2. The van der Waals surface area contributed by atoms with E-state index in [2.05, 4.69) is 32.1 Å². The predicted octanol–water partition coefficient (Wildman–Crippen LogP) is 0.450. The summed E-state index contributed by atoms with van der Waals surface area (Å²) in [5.41, 5.74) is 3.10. The quantitative estimate of drug-likeness (QED) is 0.402. The van der Waals surface area contributed by atoms with Gasteiger partial charge in [0, 0.05) is 31.5 Å². The van der Waals surface area contributed by atoms with Gasteiger partial charge < -0.3 is 0 Å². The largest absolute Gasteiger partial charge is 0.329 e. The van der Waals surface area contributed by atoms with E-state index < -0.39 is 11.2 Å². The highest BCUT2D eigenvalue weighted by molar-refractivity contribution is 5.80. The van der Waals surface area contributed by atoms with Gasteiger partial charge in [0.25, 0.3) is 5.56 Å². The van der Waals surface area contributed by atoms with E-state index in [4.69, 9.17) is 0 Å². The molecule has 122 valence electrons. The van der Waals surface area contributed by atoms with Gasteiger partial charge in [-0.05, 0) is 6.07 Å². The zero-order chi connectivity index (χ0) is 17.1. The number of rotatable bonds is 5. The molecule has 24 heavy (non-hydrogen) atoms. The highest BCUT2D eigenvalue weighted by Crippen LogP contribution is 2.15. The van der Waals surface area contributed by atoms with E-state index in [-0.39, 0.29) is 11.2 Å². The number of aromatic nitrogens is 5. The van der Waals surface area contributed by atoms with Crippen molar-refractivity contribution >= 4 is 23.3 Å². The minimum atomic E-state index is -0.527. The van der Waals surface area contributed by atoms with Gasteiger partial charge in [0.1, 0.15) is 0 Å². The fraction of sp³-hybridized carbons (Fsp3) is 0.133. The lowest BCUT2D eigenvalue weighted by molar-refractivity contribution is 0.819. The molecule has 0 atom stereocenters. The Hall–Kier alpha value is -3.49. The molecule has 2 N–H and O–H groups in total. The van der Waals surface area contributed by atoms with Crippen molar-refractivity contribution < 1.29 is 0 Å². The van der Waals surface area contributed by atoms with Crippen LogP contribution in [0.1, 0.15) is 5.56 Å². The standard InChI is InChI=1S/C15H15N7O2/c1-3-7-22-11-12(21(2)15(24)19-13(11)23)18-14(22)20-17-9-10-5-4-6-16-8-10/h3-6,8-9H,1,7H2,2H3,(H,18,20)(H,19,23,24)/b17-9+. The van der Waals surface area contributed by atoms with Crippen LogP contribution >= 0.6 is 0 Å². The second-order valence-electron chi connectivity index (χ2n) is 4.98. The molecule has 9 heteroatoms. The Balaban J connectivity index is 2.05. The lowest BCUT2D eigenvalue weighted by Gasteiger charge is -2.04. The maximum atomic E-state index is 12.1. The van der Waals surface area contributed by atoms with E-state index >= 15 is 0 Å². The van der Waals surface area contributed by atoms with Gasteiger partial charge in [-0.25, -0.2) is 10.2 Å². The number of nitrogens with zero attached hydrogens (tertiary/aromatic N) is 5. The Morgan fingerprint density at radius 3 is 3.00 bits per heavy atom. The number of aryl methyl sites for hydroxylation is 1. The van der Waals surface area contributed by atoms with Gasteiger partial charge in [0.05, 0.1) is 6.21 Å². The van der Waals surface area contributed by atoms with Gasteiger partial charge in [0.15, 0.2) is 11.2 Å². The molecule has 9 nitrogen and oxygen atoms in total. The molecule has 0 aliphatic heterocycles. The van der Waals surface area contributed by atoms with Crippen LogP contribution in [0.15, 0.2) is 51.9 Å². The summed E-state index contributed by atoms with van der Waals surface area (Å²) in [6, 6.07) is 3.64. The first-order valence-electron chi connectivity index (χ1n) is 7.11. The number of H-pyrrole nitrogens is 1. The third-order valence-corrected chi connectivity index (χ3v) is 3.38. The minimum Gasteiger partial charge on any atom is -0.299 e. The van der Waals surface area contributed by atoms with Crippen molar-refractivity contribution in [1.82, 2.24) is 24.1 Å². The van der Waals surface area contributed by atoms with Crippen LogP contribution < -0.4 is 16.7 Å². The Kier molecular flexibility index (Phi) is 4.06. The highest BCUT2D eigenvalue weighted by Gasteiger charge is 2.16. The molecule has 0 aliphatic carbocycles. The second kappa shape index (κ2) is 6.32. The van der Waals surface area contributed by atoms with Crippen LogP contribution in [0, 0.1) is 0 Å². The summed E-state index contributed by atoms with van der Waals surface area (Å²) in [7, 11) is 1.54. The van der Waals surface area contributed by atoms with Crippen molar-refractivity contribution in [3.8, 4) is 0 Å². The molecule has 0 saturated carbocycles. The topological polar surface area (TPSA) is 110 Å². The molecule has 0 unspecified atom stereocenters. The van der Waals surface area contributed by atoms with Crippen molar-refractivity contribution in [1.29, 1.82) is 0 Å². The van der Waals surface area contributed by atoms with Crippen molar-refractivity contribution in [2.75, 3.05) is 5.43 Å². The average Bonchev–Trinajstić information content (AvgIpc) is 2.93. The van der Waals surface area contributed by atoms with E-state index in [0.717, 1.165) is 5.56 Å². The van der Waals surface area contributed by atoms with Gasteiger partial charge >= 0.3 is 5.69 Å². The number of allylic oxidation sites excluding steroid dienone is 1. The number of nitrogens with one attached hydrogen (secondary N) is 2. The van der Waals surface area contributed by atoms with E-state index in [1.807, 2.05) is 6.07 Å². The number of fused-ring (bicyclic) bond motifs is 1. The van der Waals surface area contributed by atoms with E-state index in [1.54, 1.807) is 35.3 Å². The van der Waals surface area contributed by atoms with E-state index in [1.165, 1.54) is 11.6 Å². The Morgan fingerprint density at radius 1 is 1.46 bits per heavy atom. The highest BCUT2D eigenvalue weighted by atomic mass is 16.2. The number of aromatic amines is 1. The van der Waals surface area contributed by atoms with Gasteiger partial charge in [-0.1, -0.05) is 12.1 Å². The summed E-state index contributed by atoms with van der Waals surface area (Å²) in [6.45, 7) is 4.01. The fourth-order valence-corrected chi connectivity index (χ4v) is 2.24. The summed E-state index contributed by atoms with van der Waals surface area (Å²) in [6.07, 6.45) is 6.53. The molecule has 3 aromatic heterocycles. The lowest BCUT2D eigenvalue weighted by atomic mass is 10.3. The molecule has 0 radical (unpaired) electrons.